The molecule has 1 aromatic rings. The molecule has 0 saturated heterocycles. The number of nitrogens with zero attached hydrogens (tertiary/aromatic N) is 1. The number of hydrogen-bond acceptors (Lipinski definition) is 2. The molecule has 2 amide bonds. The van der Waals surface area contributed by atoms with Crippen LogP contribution < -0.4 is 10.6 Å². The van der Waals surface area contributed by atoms with Crippen molar-refractivity contribution in [3.05, 3.63) is 29.8 Å². The first-order valence-electron chi connectivity index (χ1n) is 5.33. The van der Waals surface area contributed by atoms with Gasteiger partial charge in [0.1, 0.15) is 0 Å². The maximum Gasteiger partial charge on any atom is 0.319 e. The number of amides is 2. The largest absolute Gasteiger partial charge is 0.338 e. The van der Waals surface area contributed by atoms with E-state index in [4.69, 9.17) is 5.26 Å². The molecule has 0 bridgehead atoms. The fourth-order valence-electron chi connectivity index (χ4n) is 1.40. The van der Waals surface area contributed by atoms with E-state index in [1.807, 2.05) is 6.07 Å². The van der Waals surface area contributed by atoms with Crippen LogP contribution >= 0.6 is 0 Å². The zero-order chi connectivity index (χ0) is 11.4. The Balaban J connectivity index is 1.86. The second kappa shape index (κ2) is 4.67. The van der Waals surface area contributed by atoms with Gasteiger partial charge < -0.3 is 10.6 Å². The maximum atomic E-state index is 11.4. The second-order valence-corrected chi connectivity index (χ2v) is 3.97. The fourth-order valence-corrected chi connectivity index (χ4v) is 1.40. The minimum Gasteiger partial charge on any atom is -0.338 e. The van der Waals surface area contributed by atoms with E-state index in [9.17, 15) is 4.79 Å². The molecule has 1 aliphatic rings. The number of urea groups is 1. The summed E-state index contributed by atoms with van der Waals surface area (Å²) >= 11 is 0. The van der Waals surface area contributed by atoms with Crippen molar-refractivity contribution in [1.82, 2.24) is 5.32 Å². The first kappa shape index (κ1) is 10.5. The fraction of sp³-hybridized carbons (Fsp3) is 0.333. The molecule has 82 valence electrons. The molecular weight excluding hydrogens is 202 g/mol. The molecule has 1 aromatic carbocycles. The van der Waals surface area contributed by atoms with Crippen LogP contribution in [-0.4, -0.2) is 12.6 Å². The second-order valence-electron chi connectivity index (χ2n) is 3.97. The van der Waals surface area contributed by atoms with Gasteiger partial charge in [-0.25, -0.2) is 4.79 Å². The van der Waals surface area contributed by atoms with Crippen molar-refractivity contribution in [2.24, 2.45) is 5.92 Å². The quantitative estimate of drug-likeness (QED) is 0.810. The minimum absolute atomic E-state index is 0.206. The van der Waals surface area contributed by atoms with E-state index >= 15 is 0 Å². The Morgan fingerprint density at radius 1 is 1.50 bits per heavy atom. The third-order valence-corrected chi connectivity index (χ3v) is 2.50. The summed E-state index contributed by atoms with van der Waals surface area (Å²) in [4.78, 5) is 11.4. The third kappa shape index (κ3) is 2.99. The first-order valence-corrected chi connectivity index (χ1v) is 5.33. The molecule has 16 heavy (non-hydrogen) atoms. The van der Waals surface area contributed by atoms with Crippen molar-refractivity contribution in [1.29, 1.82) is 5.26 Å². The normalized spacial score (nSPS) is 13.9. The molecule has 0 spiro atoms. The van der Waals surface area contributed by atoms with Crippen LogP contribution in [0.25, 0.3) is 0 Å². The highest BCUT2D eigenvalue weighted by atomic mass is 16.2. The Kier molecular flexibility index (Phi) is 3.06. The first-order chi connectivity index (χ1) is 7.78. The predicted octanol–water partition coefficient (Wildman–Crippen LogP) is 2.09. The molecule has 1 saturated carbocycles. The average molecular weight is 215 g/mol. The van der Waals surface area contributed by atoms with Gasteiger partial charge in [0.05, 0.1) is 11.6 Å². The smallest absolute Gasteiger partial charge is 0.319 e. The summed E-state index contributed by atoms with van der Waals surface area (Å²) in [5.41, 5.74) is 1.19. The summed E-state index contributed by atoms with van der Waals surface area (Å²) in [5.74, 6) is 0.663. The number of hydrogen-bond donors (Lipinski definition) is 2. The van der Waals surface area contributed by atoms with Gasteiger partial charge in [-0.15, -0.1) is 0 Å². The van der Waals surface area contributed by atoms with Crippen LogP contribution in [0.2, 0.25) is 0 Å². The van der Waals surface area contributed by atoms with Crippen LogP contribution in [-0.2, 0) is 0 Å². The molecule has 0 aliphatic heterocycles. The summed E-state index contributed by atoms with van der Waals surface area (Å²) in [6.45, 7) is 0.740. The van der Waals surface area contributed by atoms with E-state index < -0.39 is 0 Å². The Labute approximate surface area is 94.3 Å². The lowest BCUT2D eigenvalue weighted by molar-refractivity contribution is 0.251. The highest BCUT2D eigenvalue weighted by Crippen LogP contribution is 2.27. The van der Waals surface area contributed by atoms with Crippen molar-refractivity contribution in [2.75, 3.05) is 11.9 Å². The molecule has 0 atom stereocenters. The number of nitriles is 1. The highest BCUT2D eigenvalue weighted by Gasteiger charge is 2.21. The van der Waals surface area contributed by atoms with Crippen LogP contribution in [0.4, 0.5) is 10.5 Å². The summed E-state index contributed by atoms with van der Waals surface area (Å²) in [6, 6.07) is 8.68. The van der Waals surface area contributed by atoms with Crippen molar-refractivity contribution in [3.63, 3.8) is 0 Å². The zero-order valence-electron chi connectivity index (χ0n) is 8.86. The standard InChI is InChI=1S/C12H13N3O/c13-7-10-2-1-3-11(6-10)15-12(16)14-8-9-4-5-9/h1-3,6,9H,4-5,8H2,(H2,14,15,16). The van der Waals surface area contributed by atoms with Crippen molar-refractivity contribution in [2.45, 2.75) is 12.8 Å². The molecule has 0 heterocycles. The lowest BCUT2D eigenvalue weighted by atomic mass is 10.2. The average Bonchev–Trinajstić information content (AvgIpc) is 3.10. The number of anilines is 1. The third-order valence-electron chi connectivity index (χ3n) is 2.50. The highest BCUT2D eigenvalue weighted by molar-refractivity contribution is 5.89. The van der Waals surface area contributed by atoms with Gasteiger partial charge in [0.2, 0.25) is 0 Å². The van der Waals surface area contributed by atoms with Crippen LogP contribution in [0.1, 0.15) is 18.4 Å². The van der Waals surface area contributed by atoms with E-state index in [2.05, 4.69) is 10.6 Å². The monoisotopic (exact) mass is 215 g/mol. The van der Waals surface area contributed by atoms with Crippen LogP contribution in [0.5, 0.6) is 0 Å². The van der Waals surface area contributed by atoms with Crippen molar-refractivity contribution < 1.29 is 4.79 Å². The van der Waals surface area contributed by atoms with Gasteiger partial charge >= 0.3 is 6.03 Å². The van der Waals surface area contributed by atoms with Crippen LogP contribution in [0.15, 0.2) is 24.3 Å². The number of nitrogens with one attached hydrogen (secondary N) is 2. The molecule has 2 rings (SSSR count). The van der Waals surface area contributed by atoms with Gasteiger partial charge in [-0.2, -0.15) is 5.26 Å². The van der Waals surface area contributed by atoms with Crippen LogP contribution in [0.3, 0.4) is 0 Å². The SMILES string of the molecule is N#Cc1cccc(NC(=O)NCC2CC2)c1. The lowest BCUT2D eigenvalue weighted by Gasteiger charge is -2.06. The molecular formula is C12H13N3O. The lowest BCUT2D eigenvalue weighted by Crippen LogP contribution is -2.30. The molecule has 1 fully saturated rings. The summed E-state index contributed by atoms with van der Waals surface area (Å²) in [5, 5.41) is 14.2. The van der Waals surface area contributed by atoms with Gasteiger partial charge in [-0.3, -0.25) is 0 Å². The zero-order valence-corrected chi connectivity index (χ0v) is 8.86. The molecule has 4 nitrogen and oxygen atoms in total. The molecule has 0 aromatic heterocycles. The number of carbonyl (C=O) groups is 1. The topological polar surface area (TPSA) is 64.9 Å². The summed E-state index contributed by atoms with van der Waals surface area (Å²) in [7, 11) is 0. The van der Waals surface area contributed by atoms with Gasteiger partial charge in [-0.1, -0.05) is 6.07 Å². The van der Waals surface area contributed by atoms with Crippen LogP contribution in [0, 0.1) is 17.2 Å². The van der Waals surface area contributed by atoms with Crippen molar-refractivity contribution in [3.8, 4) is 6.07 Å². The van der Waals surface area contributed by atoms with Gasteiger partial charge in [0, 0.05) is 12.2 Å². The molecule has 4 heteroatoms. The van der Waals surface area contributed by atoms with Gasteiger partial charge in [0.15, 0.2) is 0 Å². The van der Waals surface area contributed by atoms with E-state index in [0.717, 1.165) is 6.54 Å². The summed E-state index contributed by atoms with van der Waals surface area (Å²) < 4.78 is 0. The number of rotatable bonds is 3. The Morgan fingerprint density at radius 3 is 3.00 bits per heavy atom. The Morgan fingerprint density at radius 2 is 2.31 bits per heavy atom. The Hall–Kier alpha value is -2.02. The predicted molar refractivity (Wildman–Crippen MR) is 60.9 cm³/mol. The van der Waals surface area contributed by atoms with E-state index in [-0.39, 0.29) is 6.03 Å². The molecule has 2 N–H and O–H groups in total. The Bertz CT molecular complexity index is 432. The molecule has 0 unspecified atom stereocenters. The van der Waals surface area contributed by atoms with E-state index in [1.165, 1.54) is 12.8 Å². The van der Waals surface area contributed by atoms with E-state index in [1.54, 1.807) is 24.3 Å². The molecule has 0 radical (unpaired) electrons. The van der Waals surface area contributed by atoms with Crippen molar-refractivity contribution >= 4 is 11.7 Å². The van der Waals surface area contributed by atoms with E-state index in [0.29, 0.717) is 17.2 Å². The summed E-state index contributed by atoms with van der Waals surface area (Å²) in [6.07, 6.45) is 2.42. The minimum atomic E-state index is -0.206. The molecule has 1 aliphatic carbocycles. The number of carbonyl (C=O) groups excluding carboxylic acids is 1. The van der Waals surface area contributed by atoms with Gasteiger partial charge in [0.25, 0.3) is 0 Å². The van der Waals surface area contributed by atoms with Gasteiger partial charge in [-0.05, 0) is 37.0 Å². The number of benzene rings is 1. The maximum absolute atomic E-state index is 11.4.